The molecule has 3 aliphatic rings. The largest absolute Gasteiger partial charge is 0.463 e. The summed E-state index contributed by atoms with van der Waals surface area (Å²) in [6, 6.07) is 0. The van der Waals surface area contributed by atoms with E-state index in [9.17, 15) is 4.79 Å². The zero-order valence-electron chi connectivity index (χ0n) is 11.6. The number of carbonyl (C=O) groups is 1. The molecule has 3 heterocycles. The maximum Gasteiger partial charge on any atom is 0.336 e. The Kier molecular flexibility index (Phi) is 3.52. The lowest BCUT2D eigenvalue weighted by Crippen LogP contribution is -2.47. The second-order valence-corrected chi connectivity index (χ2v) is 7.07. The molecule has 0 radical (unpaired) electrons. The number of hydrogen-bond acceptors (Lipinski definition) is 5. The normalized spacial score (nSPS) is 34.0. The highest BCUT2D eigenvalue weighted by molar-refractivity contribution is 8.04. The highest BCUT2D eigenvalue weighted by Crippen LogP contribution is 2.54. The Morgan fingerprint density at radius 1 is 1.58 bits per heavy atom. The Morgan fingerprint density at radius 2 is 2.42 bits per heavy atom. The van der Waals surface area contributed by atoms with E-state index in [0.29, 0.717) is 6.61 Å². The minimum Gasteiger partial charge on any atom is -0.463 e. The van der Waals surface area contributed by atoms with Gasteiger partial charge in [-0.15, -0.1) is 0 Å². The predicted molar refractivity (Wildman–Crippen MR) is 74.6 cm³/mol. The van der Waals surface area contributed by atoms with E-state index in [1.165, 1.54) is 0 Å². The van der Waals surface area contributed by atoms with Crippen molar-refractivity contribution >= 4 is 17.7 Å². The molecule has 0 aromatic rings. The first kappa shape index (κ1) is 13.3. The topological polar surface area (TPSA) is 38.8 Å². The first-order chi connectivity index (χ1) is 9.15. The zero-order valence-corrected chi connectivity index (χ0v) is 12.4. The Hall–Kier alpha value is -0.680. The molecule has 0 aromatic heterocycles. The fraction of sp³-hybridized carbons (Fsp3) is 0.786. The average molecular weight is 283 g/mol. The molecule has 2 fully saturated rings. The van der Waals surface area contributed by atoms with E-state index < -0.39 is 0 Å². The van der Waals surface area contributed by atoms with E-state index in [4.69, 9.17) is 9.47 Å². The predicted octanol–water partition coefficient (Wildman–Crippen LogP) is 2.50. The Bertz CT molecular complexity index is 423. The smallest absolute Gasteiger partial charge is 0.336 e. The third-order valence-corrected chi connectivity index (χ3v) is 5.64. The molecule has 0 unspecified atom stereocenters. The van der Waals surface area contributed by atoms with Gasteiger partial charge in [-0.2, -0.15) is 0 Å². The van der Waals surface area contributed by atoms with Crippen LogP contribution >= 0.6 is 11.8 Å². The molecule has 0 aromatic carbocycles. The number of fused-ring (bicyclic) bond motifs is 3. The molecule has 0 bridgehead atoms. The molecule has 3 rings (SSSR count). The van der Waals surface area contributed by atoms with Crippen LogP contribution in [0, 0.1) is 0 Å². The van der Waals surface area contributed by atoms with Gasteiger partial charge in [0.2, 0.25) is 0 Å². The Balaban J connectivity index is 1.93. The van der Waals surface area contributed by atoms with Crippen LogP contribution in [0.3, 0.4) is 0 Å². The molecule has 0 aliphatic carbocycles. The maximum atomic E-state index is 12.1. The van der Waals surface area contributed by atoms with E-state index in [2.05, 4.69) is 11.8 Å². The first-order valence-electron chi connectivity index (χ1n) is 7.13. The quantitative estimate of drug-likeness (QED) is 0.728. The summed E-state index contributed by atoms with van der Waals surface area (Å²) in [5, 5.41) is 1.11. The summed E-state index contributed by atoms with van der Waals surface area (Å²) < 4.78 is 11.3. The summed E-state index contributed by atoms with van der Waals surface area (Å²) in [6.07, 6.45) is 4.23. The highest BCUT2D eigenvalue weighted by atomic mass is 32.2. The molecule has 5 heteroatoms. The number of nitrogens with zero attached hydrogens (tertiary/aromatic N) is 1. The second kappa shape index (κ2) is 5.02. The number of rotatable bonds is 2. The van der Waals surface area contributed by atoms with Gasteiger partial charge in [-0.05, 0) is 39.5 Å². The summed E-state index contributed by atoms with van der Waals surface area (Å²) in [5.74, 6) is -0.142. The zero-order chi connectivity index (χ0) is 13.5. The molecule has 0 spiro atoms. The molecule has 2 atom stereocenters. The molecule has 2 saturated heterocycles. The monoisotopic (exact) mass is 283 g/mol. The molecule has 0 saturated carbocycles. The lowest BCUT2D eigenvalue weighted by Gasteiger charge is -2.38. The lowest BCUT2D eigenvalue weighted by atomic mass is 9.98. The molecule has 3 aliphatic heterocycles. The molecular weight excluding hydrogens is 262 g/mol. The van der Waals surface area contributed by atoms with E-state index in [-0.39, 0.29) is 16.9 Å². The number of esters is 1. The van der Waals surface area contributed by atoms with Crippen molar-refractivity contribution in [1.29, 1.82) is 0 Å². The van der Waals surface area contributed by atoms with Gasteiger partial charge in [-0.25, -0.2) is 4.79 Å². The summed E-state index contributed by atoms with van der Waals surface area (Å²) in [4.78, 5) is 14.4. The molecule has 4 nitrogen and oxygen atoms in total. The van der Waals surface area contributed by atoms with Crippen molar-refractivity contribution in [3.63, 3.8) is 0 Å². The standard InChI is InChI=1S/C14H21NO3S/c1-3-17-12(16)10-6-4-8-15-11(10)19-14(2)7-5-9-18-13(14)15/h13H,3-9H2,1-2H3/t13-,14+/m1/s1. The van der Waals surface area contributed by atoms with Gasteiger partial charge < -0.3 is 14.4 Å². The highest BCUT2D eigenvalue weighted by Gasteiger charge is 2.51. The lowest BCUT2D eigenvalue weighted by molar-refractivity contribution is -0.139. The van der Waals surface area contributed by atoms with Crippen LogP contribution in [-0.2, 0) is 14.3 Å². The van der Waals surface area contributed by atoms with Crippen LogP contribution in [0.15, 0.2) is 10.6 Å². The van der Waals surface area contributed by atoms with E-state index in [1.807, 2.05) is 18.7 Å². The SMILES string of the molecule is CCOC(=O)C1=C2S[C@@]3(C)CCCO[C@H]3N2CCC1. The van der Waals surface area contributed by atoms with Crippen LogP contribution in [-0.4, -0.2) is 41.6 Å². The van der Waals surface area contributed by atoms with Crippen molar-refractivity contribution in [2.75, 3.05) is 19.8 Å². The van der Waals surface area contributed by atoms with Crippen molar-refractivity contribution in [3.05, 3.63) is 10.6 Å². The van der Waals surface area contributed by atoms with Gasteiger partial charge in [0.15, 0.2) is 0 Å². The third kappa shape index (κ3) is 2.17. The summed E-state index contributed by atoms with van der Waals surface area (Å²) in [7, 11) is 0. The number of carbonyl (C=O) groups excluding carboxylic acids is 1. The maximum absolute atomic E-state index is 12.1. The van der Waals surface area contributed by atoms with Crippen LogP contribution in [0.5, 0.6) is 0 Å². The molecular formula is C14H21NO3S. The van der Waals surface area contributed by atoms with Crippen molar-refractivity contribution in [3.8, 4) is 0 Å². The minimum atomic E-state index is -0.142. The fourth-order valence-electron chi connectivity index (χ4n) is 3.22. The van der Waals surface area contributed by atoms with E-state index >= 15 is 0 Å². The van der Waals surface area contributed by atoms with Gasteiger partial charge in [0.25, 0.3) is 0 Å². The van der Waals surface area contributed by atoms with Gasteiger partial charge in [0, 0.05) is 13.2 Å². The van der Waals surface area contributed by atoms with Crippen molar-refractivity contribution in [2.45, 2.75) is 50.5 Å². The van der Waals surface area contributed by atoms with E-state index in [1.54, 1.807) is 0 Å². The molecule has 106 valence electrons. The fourth-order valence-corrected chi connectivity index (χ4v) is 4.82. The van der Waals surface area contributed by atoms with Crippen LogP contribution < -0.4 is 0 Å². The summed E-state index contributed by atoms with van der Waals surface area (Å²) in [6.45, 7) is 6.38. The van der Waals surface area contributed by atoms with Crippen LogP contribution in [0.2, 0.25) is 0 Å². The van der Waals surface area contributed by atoms with Crippen LogP contribution in [0.1, 0.15) is 39.5 Å². The van der Waals surface area contributed by atoms with Crippen molar-refractivity contribution in [2.24, 2.45) is 0 Å². The van der Waals surface area contributed by atoms with Crippen molar-refractivity contribution < 1.29 is 14.3 Å². The molecule has 19 heavy (non-hydrogen) atoms. The second-order valence-electron chi connectivity index (χ2n) is 5.54. The first-order valence-corrected chi connectivity index (χ1v) is 7.95. The van der Waals surface area contributed by atoms with Gasteiger partial charge in [0.1, 0.15) is 6.23 Å². The van der Waals surface area contributed by atoms with Gasteiger partial charge >= 0.3 is 5.97 Å². The number of thioether (sulfide) groups is 1. The Morgan fingerprint density at radius 3 is 3.21 bits per heavy atom. The number of hydrogen-bond donors (Lipinski definition) is 0. The minimum absolute atomic E-state index is 0.0929. The summed E-state index contributed by atoms with van der Waals surface area (Å²) in [5.41, 5.74) is 0.859. The van der Waals surface area contributed by atoms with Gasteiger partial charge in [-0.1, -0.05) is 11.8 Å². The van der Waals surface area contributed by atoms with E-state index in [0.717, 1.165) is 49.4 Å². The number of ether oxygens (including phenoxy) is 2. The van der Waals surface area contributed by atoms with Gasteiger partial charge in [-0.3, -0.25) is 0 Å². The van der Waals surface area contributed by atoms with Crippen LogP contribution in [0.4, 0.5) is 0 Å². The Labute approximate surface area is 118 Å². The van der Waals surface area contributed by atoms with Crippen LogP contribution in [0.25, 0.3) is 0 Å². The van der Waals surface area contributed by atoms with Crippen molar-refractivity contribution in [1.82, 2.24) is 4.90 Å². The third-order valence-electron chi connectivity index (χ3n) is 4.10. The summed E-state index contributed by atoms with van der Waals surface area (Å²) >= 11 is 1.82. The molecule has 0 amide bonds. The molecule has 0 N–H and O–H groups in total. The van der Waals surface area contributed by atoms with Gasteiger partial charge in [0.05, 0.1) is 22.0 Å². The average Bonchev–Trinajstić information content (AvgIpc) is 2.70.